The van der Waals surface area contributed by atoms with Crippen molar-refractivity contribution in [2.75, 3.05) is 36.6 Å². The summed E-state index contributed by atoms with van der Waals surface area (Å²) in [6, 6.07) is 10.3. The zero-order chi connectivity index (χ0) is 35.7. The first-order chi connectivity index (χ1) is 21.3. The highest BCUT2D eigenvalue weighted by atomic mass is 16.6. The van der Waals surface area contributed by atoms with Crippen LogP contribution in [0.25, 0.3) is 0 Å². The third-order valence-corrected chi connectivity index (χ3v) is 5.03. The fourth-order valence-corrected chi connectivity index (χ4v) is 3.16. The molecule has 0 spiro atoms. The molecule has 9 N–H and O–H groups in total. The minimum Gasteiger partial charge on any atom is -0.480 e. The summed E-state index contributed by atoms with van der Waals surface area (Å²) in [6.07, 6.45) is -1.66. The highest BCUT2D eigenvalue weighted by Gasteiger charge is 2.25. The van der Waals surface area contributed by atoms with Crippen molar-refractivity contribution in [3.63, 3.8) is 0 Å². The predicted octanol–water partition coefficient (Wildman–Crippen LogP) is 3.25. The first-order valence-corrected chi connectivity index (χ1v) is 13.7. The van der Waals surface area contributed by atoms with Crippen molar-refractivity contribution in [1.82, 2.24) is 10.6 Å². The number of aliphatic hydroxyl groups is 1. The second kappa shape index (κ2) is 19.1. The SMILES string of the molecule is CC(C)(C)OC(=O)N[C@@H](CNc1ccccc1N)C(=O)O.CC(C)(C)OC(=O)N[C@@H](CNc1ccccc1[N+](=O)[O-])C(=O)O.CO. The number of alkyl carbamates (subject to hydrolysis) is 2. The summed E-state index contributed by atoms with van der Waals surface area (Å²) in [5, 5.41) is 46.2. The number of nitro groups is 1. The maximum atomic E-state index is 11.6. The predicted molar refractivity (Wildman–Crippen MR) is 171 cm³/mol. The van der Waals surface area contributed by atoms with Gasteiger partial charge in [-0.3, -0.25) is 10.1 Å². The number of nitrogens with one attached hydrogen (secondary N) is 4. The van der Waals surface area contributed by atoms with E-state index in [1.165, 1.54) is 18.2 Å². The molecule has 2 amide bonds. The smallest absolute Gasteiger partial charge is 0.408 e. The number of para-hydroxylation sites is 4. The standard InChI is InChI=1S/C14H19N3O6.C14H21N3O4.CH4O/c1-14(2,3)23-13(20)16-10(12(18)19)8-15-9-6-4-5-7-11(9)17(21)22;1-14(2,3)21-13(20)17-11(12(18)19)8-16-10-7-5-4-6-9(10)15;1-2/h4-7,10,15H,8H2,1-3H3,(H,16,20)(H,18,19);4-7,11,16H,8,15H2,1-3H3,(H,17,20)(H,18,19);2H,1H3/t10-;11-;/m00./s1. The van der Waals surface area contributed by atoms with Gasteiger partial charge >= 0.3 is 24.1 Å². The number of hydrogen-bond donors (Lipinski definition) is 8. The maximum Gasteiger partial charge on any atom is 0.408 e. The molecule has 2 atom stereocenters. The van der Waals surface area contributed by atoms with Crippen LogP contribution < -0.4 is 27.0 Å². The van der Waals surface area contributed by atoms with Gasteiger partial charge in [-0.25, -0.2) is 19.2 Å². The molecule has 0 saturated carbocycles. The van der Waals surface area contributed by atoms with E-state index < -0.39 is 52.3 Å². The Morgan fingerprint density at radius 3 is 1.50 bits per heavy atom. The van der Waals surface area contributed by atoms with Gasteiger partial charge in [-0.05, 0) is 59.7 Å². The Labute approximate surface area is 266 Å². The van der Waals surface area contributed by atoms with E-state index in [9.17, 15) is 29.3 Å². The monoisotopic (exact) mass is 652 g/mol. The first-order valence-electron chi connectivity index (χ1n) is 13.7. The van der Waals surface area contributed by atoms with Crippen LogP contribution >= 0.6 is 0 Å². The van der Waals surface area contributed by atoms with E-state index in [2.05, 4.69) is 21.3 Å². The normalized spacial score (nSPS) is 11.8. The fraction of sp³-hybridized carbons (Fsp3) is 0.448. The number of carbonyl (C=O) groups is 4. The molecule has 0 aliphatic rings. The van der Waals surface area contributed by atoms with E-state index >= 15 is 0 Å². The Hall–Kier alpha value is -5.32. The number of carboxylic acid groups (broad SMARTS) is 2. The van der Waals surface area contributed by atoms with Gasteiger partial charge in [0.25, 0.3) is 5.69 Å². The van der Waals surface area contributed by atoms with Crippen LogP contribution in [-0.4, -0.2) is 87.9 Å². The van der Waals surface area contributed by atoms with Crippen LogP contribution in [0, 0.1) is 10.1 Å². The number of amides is 2. The van der Waals surface area contributed by atoms with Crippen LogP contribution in [0.1, 0.15) is 41.5 Å². The number of nitrogens with zero attached hydrogens (tertiary/aromatic N) is 1. The van der Waals surface area contributed by atoms with E-state index in [0.29, 0.717) is 11.4 Å². The minimum absolute atomic E-state index is 0.0111. The lowest BCUT2D eigenvalue weighted by atomic mass is 10.2. The zero-order valence-corrected chi connectivity index (χ0v) is 26.8. The van der Waals surface area contributed by atoms with Crippen molar-refractivity contribution in [2.45, 2.75) is 64.8 Å². The molecule has 0 unspecified atom stereocenters. The minimum atomic E-state index is -1.30. The Kier molecular flexibility index (Phi) is 16.9. The average molecular weight is 653 g/mol. The molecule has 2 rings (SSSR count). The van der Waals surface area contributed by atoms with Crippen molar-refractivity contribution < 1.29 is 48.9 Å². The lowest BCUT2D eigenvalue weighted by Gasteiger charge is -2.22. The number of hydrogen-bond acceptors (Lipinski definition) is 12. The molecule has 2 aromatic carbocycles. The number of ether oxygens (including phenoxy) is 2. The van der Waals surface area contributed by atoms with Crippen LogP contribution in [-0.2, 0) is 19.1 Å². The Morgan fingerprint density at radius 1 is 0.761 bits per heavy atom. The number of carboxylic acids is 2. The number of rotatable bonds is 11. The summed E-state index contributed by atoms with van der Waals surface area (Å²) in [5.41, 5.74) is 5.37. The topological polar surface area (TPSA) is 265 Å². The number of nitrogen functional groups attached to an aromatic ring is 1. The van der Waals surface area contributed by atoms with Gasteiger partial charge in [-0.2, -0.15) is 0 Å². The zero-order valence-electron chi connectivity index (χ0n) is 26.8. The average Bonchev–Trinajstić information content (AvgIpc) is 2.93. The third kappa shape index (κ3) is 17.1. The molecule has 0 saturated heterocycles. The van der Waals surface area contributed by atoms with E-state index in [-0.39, 0.29) is 24.5 Å². The van der Waals surface area contributed by atoms with Gasteiger partial charge in [0.2, 0.25) is 0 Å². The number of benzene rings is 2. The van der Waals surface area contributed by atoms with Gasteiger partial charge in [0.05, 0.1) is 16.3 Å². The number of nitro benzene ring substituents is 1. The maximum absolute atomic E-state index is 11.6. The van der Waals surface area contributed by atoms with Gasteiger partial charge in [0.1, 0.15) is 29.0 Å². The lowest BCUT2D eigenvalue weighted by molar-refractivity contribution is -0.384. The van der Waals surface area contributed by atoms with E-state index in [4.69, 9.17) is 30.5 Å². The summed E-state index contributed by atoms with van der Waals surface area (Å²) in [6.45, 7) is 9.79. The summed E-state index contributed by atoms with van der Waals surface area (Å²) >= 11 is 0. The summed E-state index contributed by atoms with van der Waals surface area (Å²) in [5.74, 6) is -2.45. The molecule has 17 heteroatoms. The summed E-state index contributed by atoms with van der Waals surface area (Å²) in [4.78, 5) is 55.9. The van der Waals surface area contributed by atoms with Crippen LogP contribution in [0.4, 0.5) is 32.3 Å². The molecular formula is C29H44N6O11. The molecule has 17 nitrogen and oxygen atoms in total. The molecule has 0 radical (unpaired) electrons. The molecule has 256 valence electrons. The summed E-state index contributed by atoms with van der Waals surface area (Å²) < 4.78 is 10.0. The van der Waals surface area contributed by atoms with E-state index in [0.717, 1.165) is 7.11 Å². The molecule has 0 aliphatic carbocycles. The summed E-state index contributed by atoms with van der Waals surface area (Å²) in [7, 11) is 1.00. The van der Waals surface area contributed by atoms with Crippen LogP contribution in [0.3, 0.4) is 0 Å². The van der Waals surface area contributed by atoms with Crippen molar-refractivity contribution in [3.05, 3.63) is 58.6 Å². The lowest BCUT2D eigenvalue weighted by Crippen LogP contribution is -2.47. The second-order valence-electron chi connectivity index (χ2n) is 11.2. The second-order valence-corrected chi connectivity index (χ2v) is 11.2. The van der Waals surface area contributed by atoms with Gasteiger partial charge in [0.15, 0.2) is 0 Å². The van der Waals surface area contributed by atoms with Gasteiger partial charge in [-0.1, -0.05) is 24.3 Å². The fourth-order valence-electron chi connectivity index (χ4n) is 3.16. The first kappa shape index (κ1) is 40.7. The Balaban J connectivity index is 0.000000838. The van der Waals surface area contributed by atoms with Crippen LogP contribution in [0.5, 0.6) is 0 Å². The molecule has 0 aliphatic heterocycles. The third-order valence-electron chi connectivity index (χ3n) is 5.03. The van der Waals surface area contributed by atoms with E-state index in [1.54, 1.807) is 71.9 Å². The van der Waals surface area contributed by atoms with Gasteiger partial charge < -0.3 is 51.8 Å². The highest BCUT2D eigenvalue weighted by Crippen LogP contribution is 2.23. The highest BCUT2D eigenvalue weighted by molar-refractivity contribution is 5.81. The van der Waals surface area contributed by atoms with Crippen molar-refractivity contribution >= 4 is 46.9 Å². The quantitative estimate of drug-likeness (QED) is 0.0984. The van der Waals surface area contributed by atoms with Crippen molar-refractivity contribution in [1.29, 1.82) is 0 Å². The number of carbonyl (C=O) groups excluding carboxylic acids is 2. The van der Waals surface area contributed by atoms with Crippen molar-refractivity contribution in [2.24, 2.45) is 0 Å². The molecule has 0 heterocycles. The molecular weight excluding hydrogens is 608 g/mol. The van der Waals surface area contributed by atoms with Crippen LogP contribution in [0.15, 0.2) is 48.5 Å². The molecule has 0 aromatic heterocycles. The molecule has 2 aromatic rings. The number of aliphatic hydroxyl groups excluding tert-OH is 1. The van der Waals surface area contributed by atoms with E-state index in [1.807, 2.05) is 0 Å². The van der Waals surface area contributed by atoms with Crippen molar-refractivity contribution in [3.8, 4) is 0 Å². The molecule has 46 heavy (non-hydrogen) atoms. The Morgan fingerprint density at radius 2 is 1.13 bits per heavy atom. The largest absolute Gasteiger partial charge is 0.480 e. The van der Waals surface area contributed by atoms with Gasteiger partial charge in [0, 0.05) is 26.3 Å². The molecule has 0 fully saturated rings. The Bertz CT molecular complexity index is 1310. The van der Waals surface area contributed by atoms with Crippen LogP contribution in [0.2, 0.25) is 0 Å². The number of aliphatic carboxylic acids is 2. The van der Waals surface area contributed by atoms with Gasteiger partial charge in [-0.15, -0.1) is 0 Å². The number of nitrogens with two attached hydrogens (primary N) is 1. The number of anilines is 3. The molecule has 0 bridgehead atoms.